The fraction of sp³-hybridized carbons (Fsp3) is 0.611. The number of aliphatic hydroxyl groups is 1. The van der Waals surface area contributed by atoms with Crippen LogP contribution in [0.15, 0.2) is 18.2 Å². The SMILES string of the molecule is CC[C@@H](O)CN(Cc1ccc(OC)cc1OC)C(=O)CC(OC)OC. The second-order valence-corrected chi connectivity index (χ2v) is 5.62. The quantitative estimate of drug-likeness (QED) is 0.610. The van der Waals surface area contributed by atoms with Crippen LogP contribution in [0.1, 0.15) is 25.3 Å². The third-order valence-corrected chi connectivity index (χ3v) is 3.98. The minimum absolute atomic E-state index is 0.0713. The van der Waals surface area contributed by atoms with Gasteiger partial charge in [0.25, 0.3) is 0 Å². The molecule has 0 fully saturated rings. The van der Waals surface area contributed by atoms with Crippen molar-refractivity contribution in [2.24, 2.45) is 0 Å². The van der Waals surface area contributed by atoms with Crippen molar-refractivity contribution in [3.63, 3.8) is 0 Å². The topological polar surface area (TPSA) is 77.5 Å². The highest BCUT2D eigenvalue weighted by Crippen LogP contribution is 2.26. The molecule has 0 aliphatic heterocycles. The van der Waals surface area contributed by atoms with Gasteiger partial charge in [-0.05, 0) is 18.6 Å². The Hall–Kier alpha value is -1.83. The van der Waals surface area contributed by atoms with Crippen LogP contribution in [-0.2, 0) is 20.8 Å². The van der Waals surface area contributed by atoms with Gasteiger partial charge < -0.3 is 29.0 Å². The lowest BCUT2D eigenvalue weighted by molar-refractivity contribution is -0.149. The minimum Gasteiger partial charge on any atom is -0.497 e. The summed E-state index contributed by atoms with van der Waals surface area (Å²) < 4.78 is 20.8. The van der Waals surface area contributed by atoms with E-state index in [0.29, 0.717) is 24.5 Å². The first-order valence-corrected chi connectivity index (χ1v) is 8.21. The van der Waals surface area contributed by atoms with E-state index in [0.717, 1.165) is 5.56 Å². The highest BCUT2D eigenvalue weighted by atomic mass is 16.7. The van der Waals surface area contributed by atoms with E-state index in [9.17, 15) is 9.90 Å². The summed E-state index contributed by atoms with van der Waals surface area (Å²) in [5.74, 6) is 1.13. The van der Waals surface area contributed by atoms with Gasteiger partial charge in [0.1, 0.15) is 11.5 Å². The fourth-order valence-electron chi connectivity index (χ4n) is 2.36. The van der Waals surface area contributed by atoms with E-state index in [1.54, 1.807) is 25.2 Å². The molecule has 0 spiro atoms. The number of ether oxygens (including phenoxy) is 4. The maximum absolute atomic E-state index is 12.6. The van der Waals surface area contributed by atoms with E-state index in [1.807, 2.05) is 19.1 Å². The highest BCUT2D eigenvalue weighted by Gasteiger charge is 2.22. The van der Waals surface area contributed by atoms with Gasteiger partial charge in [-0.25, -0.2) is 0 Å². The van der Waals surface area contributed by atoms with Crippen molar-refractivity contribution in [2.75, 3.05) is 35.0 Å². The van der Waals surface area contributed by atoms with Crippen LogP contribution in [0, 0.1) is 0 Å². The Kier molecular flexibility index (Phi) is 9.26. The van der Waals surface area contributed by atoms with Gasteiger partial charge in [0.15, 0.2) is 6.29 Å². The maximum atomic E-state index is 12.6. The van der Waals surface area contributed by atoms with Crippen LogP contribution in [0.4, 0.5) is 0 Å². The molecule has 1 aromatic carbocycles. The predicted octanol–water partition coefficient (Wildman–Crippen LogP) is 1.81. The molecule has 0 radical (unpaired) electrons. The first kappa shape index (κ1) is 21.2. The lowest BCUT2D eigenvalue weighted by Crippen LogP contribution is -2.39. The van der Waals surface area contributed by atoms with Crippen LogP contribution in [-0.4, -0.2) is 63.3 Å². The predicted molar refractivity (Wildman–Crippen MR) is 93.7 cm³/mol. The number of carbonyl (C=O) groups excluding carboxylic acids is 1. The summed E-state index contributed by atoms with van der Waals surface area (Å²) in [6, 6.07) is 5.42. The van der Waals surface area contributed by atoms with Crippen LogP contribution in [0.2, 0.25) is 0 Å². The van der Waals surface area contributed by atoms with Gasteiger partial charge in [-0.15, -0.1) is 0 Å². The Morgan fingerprint density at radius 3 is 2.36 bits per heavy atom. The van der Waals surface area contributed by atoms with Gasteiger partial charge in [-0.1, -0.05) is 6.92 Å². The van der Waals surface area contributed by atoms with E-state index in [-0.39, 0.29) is 18.9 Å². The monoisotopic (exact) mass is 355 g/mol. The van der Waals surface area contributed by atoms with Crippen LogP contribution >= 0.6 is 0 Å². The number of rotatable bonds is 11. The number of hydrogen-bond donors (Lipinski definition) is 1. The first-order chi connectivity index (χ1) is 12.0. The van der Waals surface area contributed by atoms with Crippen molar-refractivity contribution < 1.29 is 28.8 Å². The normalized spacial score (nSPS) is 12.1. The molecule has 25 heavy (non-hydrogen) atoms. The van der Waals surface area contributed by atoms with E-state index in [4.69, 9.17) is 18.9 Å². The highest BCUT2D eigenvalue weighted by molar-refractivity contribution is 5.76. The average molecular weight is 355 g/mol. The zero-order chi connectivity index (χ0) is 18.8. The molecule has 0 saturated heterocycles. The number of benzene rings is 1. The zero-order valence-corrected chi connectivity index (χ0v) is 15.7. The summed E-state index contributed by atoms with van der Waals surface area (Å²) in [4.78, 5) is 14.2. The summed E-state index contributed by atoms with van der Waals surface area (Å²) in [7, 11) is 6.12. The molecule has 0 heterocycles. The molecule has 0 aromatic heterocycles. The van der Waals surface area contributed by atoms with Crippen molar-refractivity contribution in [1.29, 1.82) is 0 Å². The van der Waals surface area contributed by atoms with Crippen molar-refractivity contribution in [1.82, 2.24) is 4.90 Å². The van der Waals surface area contributed by atoms with E-state index < -0.39 is 12.4 Å². The third-order valence-electron chi connectivity index (χ3n) is 3.98. The van der Waals surface area contributed by atoms with Crippen LogP contribution in [0.3, 0.4) is 0 Å². The Morgan fingerprint density at radius 2 is 1.84 bits per heavy atom. The summed E-state index contributed by atoms with van der Waals surface area (Å²) in [5.41, 5.74) is 0.825. The molecule has 0 aliphatic rings. The van der Waals surface area contributed by atoms with Gasteiger partial charge in [0, 0.05) is 38.9 Å². The van der Waals surface area contributed by atoms with Gasteiger partial charge in [-0.2, -0.15) is 0 Å². The van der Waals surface area contributed by atoms with Crippen molar-refractivity contribution >= 4 is 5.91 Å². The Balaban J connectivity index is 2.98. The van der Waals surface area contributed by atoms with Gasteiger partial charge >= 0.3 is 0 Å². The summed E-state index contributed by atoms with van der Waals surface area (Å²) in [6.07, 6.45) is -0.591. The zero-order valence-electron chi connectivity index (χ0n) is 15.7. The number of amides is 1. The van der Waals surface area contributed by atoms with Crippen LogP contribution in [0.25, 0.3) is 0 Å². The molecule has 1 rings (SSSR count). The molecule has 0 bridgehead atoms. The van der Waals surface area contributed by atoms with Crippen molar-refractivity contribution in [2.45, 2.75) is 38.7 Å². The number of nitrogens with zero attached hydrogens (tertiary/aromatic N) is 1. The third kappa shape index (κ3) is 6.53. The van der Waals surface area contributed by atoms with Crippen molar-refractivity contribution in [3.8, 4) is 11.5 Å². The standard InChI is InChI=1S/C18H29NO6/c1-6-14(20)12-19(17(21)10-18(24-4)25-5)11-13-7-8-15(22-2)9-16(13)23-3/h7-9,14,18,20H,6,10-12H2,1-5H3/t14-/m1/s1. The summed E-state index contributed by atoms with van der Waals surface area (Å²) >= 11 is 0. The van der Waals surface area contributed by atoms with Gasteiger partial charge in [-0.3, -0.25) is 4.79 Å². The largest absolute Gasteiger partial charge is 0.497 e. The number of hydrogen-bond acceptors (Lipinski definition) is 6. The molecular formula is C18H29NO6. The molecule has 0 unspecified atom stereocenters. The fourth-order valence-corrected chi connectivity index (χ4v) is 2.36. The summed E-state index contributed by atoms with van der Waals surface area (Å²) in [5, 5.41) is 10.0. The lowest BCUT2D eigenvalue weighted by atomic mass is 10.1. The molecule has 0 aliphatic carbocycles. The van der Waals surface area contributed by atoms with Gasteiger partial charge in [0.05, 0.1) is 26.7 Å². The van der Waals surface area contributed by atoms with Crippen LogP contribution in [0.5, 0.6) is 11.5 Å². The van der Waals surface area contributed by atoms with Crippen LogP contribution < -0.4 is 9.47 Å². The number of aliphatic hydroxyl groups excluding tert-OH is 1. The first-order valence-electron chi connectivity index (χ1n) is 8.21. The van der Waals surface area contributed by atoms with Gasteiger partial charge in [0.2, 0.25) is 5.91 Å². The summed E-state index contributed by atoms with van der Waals surface area (Å²) in [6.45, 7) is 2.41. The minimum atomic E-state index is -0.619. The second-order valence-electron chi connectivity index (χ2n) is 5.62. The number of methoxy groups -OCH3 is 4. The van der Waals surface area contributed by atoms with Crippen molar-refractivity contribution in [3.05, 3.63) is 23.8 Å². The Morgan fingerprint density at radius 1 is 1.16 bits per heavy atom. The van der Waals surface area contributed by atoms with E-state index >= 15 is 0 Å². The molecule has 0 saturated carbocycles. The molecule has 1 N–H and O–H groups in total. The molecule has 142 valence electrons. The Labute approximate surface area is 149 Å². The van der Waals surface area contributed by atoms with E-state index in [2.05, 4.69) is 0 Å². The molecule has 1 atom stereocenters. The molecule has 1 aromatic rings. The molecular weight excluding hydrogens is 326 g/mol. The smallest absolute Gasteiger partial charge is 0.228 e. The number of carbonyl (C=O) groups is 1. The van der Waals surface area contributed by atoms with E-state index in [1.165, 1.54) is 14.2 Å². The molecule has 7 heteroatoms. The maximum Gasteiger partial charge on any atom is 0.228 e. The lowest BCUT2D eigenvalue weighted by Gasteiger charge is -2.27. The average Bonchev–Trinajstić information content (AvgIpc) is 2.65. The Bertz CT molecular complexity index is 532. The molecule has 1 amide bonds. The second kappa shape index (κ2) is 10.9. The molecule has 7 nitrogen and oxygen atoms in total.